The Labute approximate surface area is 122 Å². The lowest BCUT2D eigenvalue weighted by Crippen LogP contribution is -2.10. The van der Waals surface area contributed by atoms with Gasteiger partial charge in [0.25, 0.3) is 0 Å². The molecule has 0 aliphatic rings. The summed E-state index contributed by atoms with van der Waals surface area (Å²) in [5.41, 5.74) is 2.37. The maximum absolute atomic E-state index is 11.9. The van der Waals surface area contributed by atoms with Crippen LogP contribution in [0.2, 0.25) is 0 Å². The Balaban J connectivity index is 2.11. The fourth-order valence-corrected chi connectivity index (χ4v) is 1.80. The average molecular weight is 281 g/mol. The highest BCUT2D eigenvalue weighted by atomic mass is 16.4. The first-order valence-electron chi connectivity index (χ1n) is 6.44. The third-order valence-corrected chi connectivity index (χ3v) is 2.97. The predicted molar refractivity (Wildman–Crippen MR) is 82.2 cm³/mol. The van der Waals surface area contributed by atoms with Crippen molar-refractivity contribution in [1.29, 1.82) is 0 Å². The van der Waals surface area contributed by atoms with Crippen LogP contribution < -0.4 is 5.32 Å². The molecule has 21 heavy (non-hydrogen) atoms. The van der Waals surface area contributed by atoms with Gasteiger partial charge in [-0.1, -0.05) is 36.4 Å². The molecular formula is C17H15NO3. The van der Waals surface area contributed by atoms with Crippen molar-refractivity contribution < 1.29 is 14.7 Å². The number of anilines is 1. The summed E-state index contributed by atoms with van der Waals surface area (Å²) in [6.07, 6.45) is 3.12. The van der Waals surface area contributed by atoms with Crippen molar-refractivity contribution in [1.82, 2.24) is 0 Å². The molecule has 4 nitrogen and oxygen atoms in total. The first-order valence-corrected chi connectivity index (χ1v) is 6.44. The Morgan fingerprint density at radius 3 is 2.48 bits per heavy atom. The van der Waals surface area contributed by atoms with Gasteiger partial charge in [-0.15, -0.1) is 0 Å². The van der Waals surface area contributed by atoms with Gasteiger partial charge in [-0.05, 0) is 36.3 Å². The van der Waals surface area contributed by atoms with Gasteiger partial charge in [0.05, 0.1) is 5.56 Å². The molecule has 0 unspecified atom stereocenters. The molecule has 0 saturated heterocycles. The highest BCUT2D eigenvalue weighted by molar-refractivity contribution is 6.03. The van der Waals surface area contributed by atoms with Crippen LogP contribution in [0.5, 0.6) is 0 Å². The van der Waals surface area contributed by atoms with Crippen molar-refractivity contribution in [2.45, 2.75) is 6.92 Å². The minimum atomic E-state index is -1.02. The van der Waals surface area contributed by atoms with E-state index in [2.05, 4.69) is 5.32 Å². The monoisotopic (exact) mass is 281 g/mol. The van der Waals surface area contributed by atoms with Crippen molar-refractivity contribution in [3.05, 3.63) is 71.3 Å². The van der Waals surface area contributed by atoms with E-state index in [0.717, 1.165) is 11.1 Å². The smallest absolute Gasteiger partial charge is 0.335 e. The topological polar surface area (TPSA) is 66.4 Å². The number of rotatable bonds is 4. The van der Waals surface area contributed by atoms with Crippen LogP contribution in [-0.4, -0.2) is 17.0 Å². The number of hydrogen-bond donors (Lipinski definition) is 2. The standard InChI is InChI=1S/C17H15NO3/c1-12-7-9-14(17(20)21)11-15(12)18-16(19)10-8-13-5-3-2-4-6-13/h2-11H,1H3,(H,18,19)(H,20,21). The largest absolute Gasteiger partial charge is 0.478 e. The summed E-state index contributed by atoms with van der Waals surface area (Å²) in [4.78, 5) is 22.8. The minimum absolute atomic E-state index is 0.142. The Hall–Kier alpha value is -2.88. The molecule has 0 atom stereocenters. The molecule has 2 aromatic carbocycles. The Morgan fingerprint density at radius 1 is 1.10 bits per heavy atom. The predicted octanol–water partition coefficient (Wildman–Crippen LogP) is 3.35. The first kappa shape index (κ1) is 14.5. The molecule has 4 heteroatoms. The number of aryl methyl sites for hydroxylation is 1. The maximum Gasteiger partial charge on any atom is 0.335 e. The molecule has 0 radical (unpaired) electrons. The van der Waals surface area contributed by atoms with Crippen LogP contribution in [0.1, 0.15) is 21.5 Å². The Kier molecular flexibility index (Phi) is 4.51. The van der Waals surface area contributed by atoms with Gasteiger partial charge in [-0.2, -0.15) is 0 Å². The van der Waals surface area contributed by atoms with E-state index in [4.69, 9.17) is 5.11 Å². The van der Waals surface area contributed by atoms with Gasteiger partial charge in [-0.3, -0.25) is 4.79 Å². The van der Waals surface area contributed by atoms with Crippen molar-refractivity contribution in [2.24, 2.45) is 0 Å². The lowest BCUT2D eigenvalue weighted by atomic mass is 10.1. The number of hydrogen-bond acceptors (Lipinski definition) is 2. The van der Waals surface area contributed by atoms with Crippen LogP contribution >= 0.6 is 0 Å². The zero-order chi connectivity index (χ0) is 15.2. The summed E-state index contributed by atoms with van der Waals surface area (Å²) in [6, 6.07) is 14.1. The van der Waals surface area contributed by atoms with E-state index in [0.29, 0.717) is 5.69 Å². The second-order valence-electron chi connectivity index (χ2n) is 4.57. The number of carboxylic acid groups (broad SMARTS) is 1. The number of benzene rings is 2. The third-order valence-electron chi connectivity index (χ3n) is 2.97. The number of aromatic carboxylic acids is 1. The molecule has 0 spiro atoms. The highest BCUT2D eigenvalue weighted by Gasteiger charge is 2.07. The number of amides is 1. The molecule has 2 rings (SSSR count). The Bertz CT molecular complexity index is 690. The van der Waals surface area contributed by atoms with Crippen LogP contribution in [0.15, 0.2) is 54.6 Å². The number of carbonyl (C=O) groups excluding carboxylic acids is 1. The summed E-state index contributed by atoms with van der Waals surface area (Å²) >= 11 is 0. The highest BCUT2D eigenvalue weighted by Crippen LogP contribution is 2.17. The van der Waals surface area contributed by atoms with Gasteiger partial charge in [-0.25, -0.2) is 4.79 Å². The zero-order valence-corrected chi connectivity index (χ0v) is 11.5. The van der Waals surface area contributed by atoms with Gasteiger partial charge in [0.15, 0.2) is 0 Å². The van der Waals surface area contributed by atoms with Crippen LogP contribution in [-0.2, 0) is 4.79 Å². The molecule has 0 fully saturated rings. The fraction of sp³-hybridized carbons (Fsp3) is 0.0588. The van der Waals surface area contributed by atoms with E-state index in [-0.39, 0.29) is 11.5 Å². The third kappa shape index (κ3) is 4.04. The molecule has 2 aromatic rings. The molecule has 0 aromatic heterocycles. The SMILES string of the molecule is Cc1ccc(C(=O)O)cc1NC(=O)C=Cc1ccccc1. The molecule has 1 amide bonds. The second-order valence-corrected chi connectivity index (χ2v) is 4.57. The molecule has 106 valence electrons. The molecular weight excluding hydrogens is 266 g/mol. The molecule has 0 heterocycles. The van der Waals surface area contributed by atoms with Crippen LogP contribution in [0.25, 0.3) is 6.08 Å². The van der Waals surface area contributed by atoms with Crippen molar-refractivity contribution >= 4 is 23.6 Å². The summed E-state index contributed by atoms with van der Waals surface area (Å²) in [6.45, 7) is 1.81. The van der Waals surface area contributed by atoms with E-state index >= 15 is 0 Å². The van der Waals surface area contributed by atoms with Crippen LogP contribution in [0.3, 0.4) is 0 Å². The fourth-order valence-electron chi connectivity index (χ4n) is 1.80. The van der Waals surface area contributed by atoms with Crippen molar-refractivity contribution in [3.8, 4) is 0 Å². The summed E-state index contributed by atoms with van der Waals surface area (Å²) in [5, 5.41) is 11.6. The lowest BCUT2D eigenvalue weighted by Gasteiger charge is -2.07. The quantitative estimate of drug-likeness (QED) is 0.845. The lowest BCUT2D eigenvalue weighted by molar-refractivity contribution is -0.111. The number of carboxylic acids is 1. The Morgan fingerprint density at radius 2 is 1.81 bits per heavy atom. The number of carbonyl (C=O) groups is 2. The summed E-state index contributed by atoms with van der Waals surface area (Å²) in [7, 11) is 0. The summed E-state index contributed by atoms with van der Waals surface area (Å²) in [5.74, 6) is -1.32. The van der Waals surface area contributed by atoms with E-state index < -0.39 is 5.97 Å². The maximum atomic E-state index is 11.9. The number of nitrogens with one attached hydrogen (secondary N) is 1. The van der Waals surface area contributed by atoms with Crippen molar-refractivity contribution in [3.63, 3.8) is 0 Å². The van der Waals surface area contributed by atoms with Crippen molar-refractivity contribution in [2.75, 3.05) is 5.32 Å². The van der Waals surface area contributed by atoms with Gasteiger partial charge in [0.2, 0.25) is 5.91 Å². The minimum Gasteiger partial charge on any atom is -0.478 e. The second kappa shape index (κ2) is 6.52. The van der Waals surface area contributed by atoms with E-state index in [9.17, 15) is 9.59 Å². The van der Waals surface area contributed by atoms with E-state index in [1.165, 1.54) is 18.2 Å². The van der Waals surface area contributed by atoms with Gasteiger partial charge in [0, 0.05) is 11.8 Å². The zero-order valence-electron chi connectivity index (χ0n) is 11.5. The summed E-state index contributed by atoms with van der Waals surface area (Å²) < 4.78 is 0. The average Bonchev–Trinajstić information content (AvgIpc) is 2.48. The molecule has 2 N–H and O–H groups in total. The molecule has 0 saturated carbocycles. The van der Waals surface area contributed by atoms with Gasteiger partial charge in [0.1, 0.15) is 0 Å². The molecule has 0 bridgehead atoms. The molecule has 0 aliphatic carbocycles. The van der Waals surface area contributed by atoms with Crippen LogP contribution in [0, 0.1) is 6.92 Å². The van der Waals surface area contributed by atoms with Gasteiger partial charge < -0.3 is 10.4 Å². The van der Waals surface area contributed by atoms with E-state index in [1.54, 1.807) is 12.1 Å². The van der Waals surface area contributed by atoms with Gasteiger partial charge >= 0.3 is 5.97 Å². The molecule has 0 aliphatic heterocycles. The normalized spacial score (nSPS) is 10.5. The van der Waals surface area contributed by atoms with E-state index in [1.807, 2.05) is 37.3 Å². The van der Waals surface area contributed by atoms with Crippen LogP contribution in [0.4, 0.5) is 5.69 Å². The first-order chi connectivity index (χ1) is 10.1.